The quantitative estimate of drug-likeness (QED) is 0.554. The number of nitrogens with one attached hydrogen (secondary N) is 1. The van der Waals surface area contributed by atoms with Crippen molar-refractivity contribution in [2.24, 2.45) is 5.84 Å². The molecule has 0 amide bonds. The number of hydrazine groups is 1. The number of aryl methyl sites for hydroxylation is 1. The maximum atomic E-state index is 5.71. The molecule has 21 heavy (non-hydrogen) atoms. The molecule has 0 aliphatic heterocycles. The first-order valence-corrected chi connectivity index (χ1v) is 8.48. The van der Waals surface area contributed by atoms with Crippen LogP contribution in [0.15, 0.2) is 47.8 Å². The van der Waals surface area contributed by atoms with Crippen LogP contribution in [-0.4, -0.2) is 4.98 Å². The van der Waals surface area contributed by atoms with Gasteiger partial charge < -0.3 is 0 Å². The fourth-order valence-electron chi connectivity index (χ4n) is 2.20. The summed E-state index contributed by atoms with van der Waals surface area (Å²) in [5, 5.41) is 3.21. The zero-order chi connectivity index (χ0) is 14.7. The van der Waals surface area contributed by atoms with Crippen LogP contribution in [0.3, 0.4) is 0 Å². The second-order valence-electron chi connectivity index (χ2n) is 4.86. The molecule has 0 fully saturated rings. The van der Waals surface area contributed by atoms with Gasteiger partial charge in [-0.25, -0.2) is 4.98 Å². The Labute approximate surface area is 132 Å². The predicted molar refractivity (Wildman–Crippen MR) is 90.4 cm³/mol. The Morgan fingerprint density at radius 1 is 1.19 bits per heavy atom. The molecule has 3 rings (SSSR count). The van der Waals surface area contributed by atoms with Gasteiger partial charge in [0.2, 0.25) is 0 Å². The summed E-state index contributed by atoms with van der Waals surface area (Å²) >= 11 is 3.46. The van der Waals surface area contributed by atoms with Crippen LogP contribution in [0.25, 0.3) is 11.3 Å². The lowest BCUT2D eigenvalue weighted by atomic mass is 10.1. The van der Waals surface area contributed by atoms with E-state index in [0.717, 1.165) is 22.7 Å². The van der Waals surface area contributed by atoms with E-state index in [9.17, 15) is 0 Å². The minimum absolute atomic E-state index is 0.124. The number of nitrogens with two attached hydrogens (primary N) is 1. The molecule has 0 saturated heterocycles. The van der Waals surface area contributed by atoms with Crippen molar-refractivity contribution in [2.45, 2.75) is 19.4 Å². The minimum Gasteiger partial charge on any atom is -0.271 e. The summed E-state index contributed by atoms with van der Waals surface area (Å²) in [5.74, 6) is 5.71. The Hall–Kier alpha value is -1.53. The van der Waals surface area contributed by atoms with Crippen LogP contribution in [0.4, 0.5) is 0 Å². The second kappa shape index (κ2) is 6.49. The average molecular weight is 315 g/mol. The molecule has 1 unspecified atom stereocenters. The fourth-order valence-corrected chi connectivity index (χ4v) is 3.99. The van der Waals surface area contributed by atoms with Gasteiger partial charge in [-0.1, -0.05) is 30.3 Å². The van der Waals surface area contributed by atoms with Gasteiger partial charge in [0.15, 0.2) is 0 Å². The molecule has 0 aliphatic carbocycles. The smallest absolute Gasteiger partial charge is 0.0952 e. The van der Waals surface area contributed by atoms with E-state index >= 15 is 0 Å². The van der Waals surface area contributed by atoms with Crippen molar-refractivity contribution in [3.8, 4) is 11.3 Å². The third-order valence-electron chi connectivity index (χ3n) is 3.31. The van der Waals surface area contributed by atoms with E-state index in [-0.39, 0.29) is 6.04 Å². The molecule has 2 aromatic heterocycles. The van der Waals surface area contributed by atoms with Crippen molar-refractivity contribution in [1.82, 2.24) is 10.4 Å². The molecule has 3 N–H and O–H groups in total. The van der Waals surface area contributed by atoms with E-state index in [1.54, 1.807) is 22.7 Å². The Balaban J connectivity index is 1.77. The maximum absolute atomic E-state index is 5.71. The minimum atomic E-state index is 0.124. The van der Waals surface area contributed by atoms with Crippen LogP contribution in [0.5, 0.6) is 0 Å². The zero-order valence-electron chi connectivity index (χ0n) is 11.7. The Bertz CT molecular complexity index is 703. The molecule has 108 valence electrons. The molecule has 5 heteroatoms. The van der Waals surface area contributed by atoms with Crippen LogP contribution in [0.2, 0.25) is 0 Å². The van der Waals surface area contributed by atoms with Crippen molar-refractivity contribution in [3.63, 3.8) is 0 Å². The summed E-state index contributed by atoms with van der Waals surface area (Å²) in [7, 11) is 0. The van der Waals surface area contributed by atoms with E-state index in [1.807, 2.05) is 18.2 Å². The molecule has 1 atom stereocenters. The Kier molecular flexibility index (Phi) is 4.45. The fraction of sp³-hybridized carbons (Fsp3) is 0.188. The number of thiazole rings is 1. The third kappa shape index (κ3) is 3.39. The SMILES string of the molecule is Cc1ccc(C(Cc2nc(-c3ccccc3)cs2)NN)s1. The van der Waals surface area contributed by atoms with Crippen molar-refractivity contribution in [1.29, 1.82) is 0 Å². The zero-order valence-corrected chi connectivity index (χ0v) is 13.4. The normalized spacial score (nSPS) is 12.5. The van der Waals surface area contributed by atoms with Gasteiger partial charge in [-0.3, -0.25) is 11.3 Å². The summed E-state index contributed by atoms with van der Waals surface area (Å²) in [6.07, 6.45) is 0.813. The lowest BCUT2D eigenvalue weighted by molar-refractivity contribution is 0.559. The molecule has 3 nitrogen and oxygen atoms in total. The second-order valence-corrected chi connectivity index (χ2v) is 7.13. The molecule has 0 saturated carbocycles. The van der Waals surface area contributed by atoms with Gasteiger partial charge >= 0.3 is 0 Å². The lowest BCUT2D eigenvalue weighted by Gasteiger charge is -2.12. The summed E-state index contributed by atoms with van der Waals surface area (Å²) in [5.41, 5.74) is 5.10. The highest BCUT2D eigenvalue weighted by molar-refractivity contribution is 7.12. The Morgan fingerprint density at radius 2 is 2.00 bits per heavy atom. The summed E-state index contributed by atoms with van der Waals surface area (Å²) in [6, 6.07) is 14.6. The number of nitrogens with zero attached hydrogens (tertiary/aromatic N) is 1. The van der Waals surface area contributed by atoms with Crippen LogP contribution in [0, 0.1) is 6.92 Å². The van der Waals surface area contributed by atoms with Gasteiger partial charge in [0, 0.05) is 27.1 Å². The highest BCUT2D eigenvalue weighted by Gasteiger charge is 2.15. The topological polar surface area (TPSA) is 50.9 Å². The molecule has 0 spiro atoms. The molecule has 0 bridgehead atoms. The summed E-state index contributed by atoms with van der Waals surface area (Å²) < 4.78 is 0. The first kappa shape index (κ1) is 14.4. The van der Waals surface area contributed by atoms with E-state index in [1.165, 1.54) is 9.75 Å². The monoisotopic (exact) mass is 315 g/mol. The van der Waals surface area contributed by atoms with E-state index < -0.39 is 0 Å². The summed E-state index contributed by atoms with van der Waals surface area (Å²) in [4.78, 5) is 7.28. The average Bonchev–Trinajstić information content (AvgIpc) is 3.15. The standard InChI is InChI=1S/C16H17N3S2/c1-11-7-8-15(21-11)13(19-17)9-16-18-14(10-20-16)12-5-3-2-4-6-12/h2-8,10,13,19H,9,17H2,1H3. The van der Waals surface area contributed by atoms with Gasteiger partial charge in [0.25, 0.3) is 0 Å². The lowest BCUT2D eigenvalue weighted by Crippen LogP contribution is -2.28. The van der Waals surface area contributed by atoms with Crippen molar-refractivity contribution in [3.05, 3.63) is 62.6 Å². The number of benzene rings is 1. The van der Waals surface area contributed by atoms with Crippen molar-refractivity contribution >= 4 is 22.7 Å². The van der Waals surface area contributed by atoms with Crippen LogP contribution >= 0.6 is 22.7 Å². The first-order chi connectivity index (χ1) is 10.3. The number of rotatable bonds is 5. The Morgan fingerprint density at radius 3 is 2.67 bits per heavy atom. The van der Waals surface area contributed by atoms with E-state index in [4.69, 9.17) is 10.8 Å². The van der Waals surface area contributed by atoms with Crippen molar-refractivity contribution < 1.29 is 0 Å². The highest BCUT2D eigenvalue weighted by atomic mass is 32.1. The van der Waals surface area contributed by atoms with Gasteiger partial charge in [0.05, 0.1) is 16.7 Å². The van der Waals surface area contributed by atoms with Gasteiger partial charge in [-0.2, -0.15) is 0 Å². The molecule has 0 radical (unpaired) electrons. The van der Waals surface area contributed by atoms with Crippen LogP contribution in [-0.2, 0) is 6.42 Å². The number of hydrogen-bond donors (Lipinski definition) is 2. The maximum Gasteiger partial charge on any atom is 0.0952 e. The predicted octanol–water partition coefficient (Wildman–Crippen LogP) is 3.93. The molecule has 3 aromatic rings. The largest absolute Gasteiger partial charge is 0.271 e. The van der Waals surface area contributed by atoms with Crippen LogP contribution in [0.1, 0.15) is 20.8 Å². The van der Waals surface area contributed by atoms with E-state index in [0.29, 0.717) is 0 Å². The number of aromatic nitrogens is 1. The molecule has 1 aromatic carbocycles. The van der Waals surface area contributed by atoms with Crippen LogP contribution < -0.4 is 11.3 Å². The van der Waals surface area contributed by atoms with Gasteiger partial charge in [-0.15, -0.1) is 22.7 Å². The number of hydrogen-bond acceptors (Lipinski definition) is 5. The highest BCUT2D eigenvalue weighted by Crippen LogP contribution is 2.28. The molecular weight excluding hydrogens is 298 g/mol. The van der Waals surface area contributed by atoms with Crippen molar-refractivity contribution in [2.75, 3.05) is 0 Å². The van der Waals surface area contributed by atoms with Gasteiger partial charge in [0.1, 0.15) is 0 Å². The number of thiophene rings is 1. The van der Waals surface area contributed by atoms with Gasteiger partial charge in [-0.05, 0) is 19.1 Å². The third-order valence-corrected chi connectivity index (χ3v) is 5.29. The molecule has 0 aliphatic rings. The first-order valence-electron chi connectivity index (χ1n) is 6.78. The summed E-state index contributed by atoms with van der Waals surface area (Å²) in [6.45, 7) is 2.11. The van der Waals surface area contributed by atoms with E-state index in [2.05, 4.69) is 42.0 Å². The molecular formula is C16H17N3S2. The molecule has 2 heterocycles.